The van der Waals surface area contributed by atoms with Gasteiger partial charge in [-0.2, -0.15) is 0 Å². The Balaban J connectivity index is 2.73. The number of aliphatic hydroxyl groups is 5. The van der Waals surface area contributed by atoms with Gasteiger partial charge < -0.3 is 40.3 Å². The third-order valence-electron chi connectivity index (χ3n) is 3.32. The first kappa shape index (κ1) is 16.8. The van der Waals surface area contributed by atoms with Gasteiger partial charge in [-0.3, -0.25) is 4.79 Å². The van der Waals surface area contributed by atoms with Crippen LogP contribution in [-0.4, -0.2) is 85.9 Å². The van der Waals surface area contributed by atoms with Crippen LogP contribution in [0.15, 0.2) is 0 Å². The van der Waals surface area contributed by atoms with E-state index in [2.05, 4.69) is 0 Å². The molecule has 0 spiro atoms. The van der Waals surface area contributed by atoms with E-state index in [4.69, 9.17) is 10.2 Å². The first-order valence-corrected chi connectivity index (χ1v) is 6.15. The normalized spacial score (nSPS) is 25.1. The van der Waals surface area contributed by atoms with Gasteiger partial charge in [-0.25, -0.2) is 0 Å². The molecule has 1 aliphatic heterocycles. The SMILES string of the molecule is O=C([O-])[C@H]1CCCN1C(=O)[C@@H](O)[C@@H](O)[C@H](O)[C@H](O)CO. The van der Waals surface area contributed by atoms with Crippen molar-refractivity contribution in [2.75, 3.05) is 13.2 Å². The van der Waals surface area contributed by atoms with Crippen LogP contribution < -0.4 is 5.11 Å². The minimum absolute atomic E-state index is 0.0832. The van der Waals surface area contributed by atoms with Crippen molar-refractivity contribution in [1.82, 2.24) is 4.90 Å². The molecule has 9 nitrogen and oxygen atoms in total. The summed E-state index contributed by atoms with van der Waals surface area (Å²) in [5, 5.41) is 57.2. The summed E-state index contributed by atoms with van der Waals surface area (Å²) >= 11 is 0. The minimum atomic E-state index is -2.11. The summed E-state index contributed by atoms with van der Waals surface area (Å²) in [7, 11) is 0. The van der Waals surface area contributed by atoms with Gasteiger partial charge in [-0.05, 0) is 12.8 Å². The van der Waals surface area contributed by atoms with Crippen molar-refractivity contribution < 1.29 is 40.2 Å². The van der Waals surface area contributed by atoms with E-state index in [1.807, 2.05) is 0 Å². The lowest BCUT2D eigenvalue weighted by molar-refractivity contribution is -0.310. The predicted molar refractivity (Wildman–Crippen MR) is 60.9 cm³/mol. The van der Waals surface area contributed by atoms with Crippen LogP contribution in [0.1, 0.15) is 12.8 Å². The fraction of sp³-hybridized carbons (Fsp3) is 0.818. The van der Waals surface area contributed by atoms with Crippen molar-refractivity contribution in [2.45, 2.75) is 43.3 Å². The van der Waals surface area contributed by atoms with E-state index in [1.165, 1.54) is 0 Å². The molecule has 1 aliphatic rings. The number of rotatable bonds is 6. The molecule has 1 rings (SSSR count). The highest BCUT2D eigenvalue weighted by Gasteiger charge is 2.39. The zero-order valence-corrected chi connectivity index (χ0v) is 10.6. The number of carbonyl (C=O) groups is 2. The van der Waals surface area contributed by atoms with Crippen LogP contribution in [-0.2, 0) is 9.59 Å². The van der Waals surface area contributed by atoms with Gasteiger partial charge in [0.1, 0.15) is 18.3 Å². The molecule has 0 unspecified atom stereocenters. The van der Waals surface area contributed by atoms with Crippen LogP contribution in [0.2, 0.25) is 0 Å². The molecule has 5 atom stereocenters. The van der Waals surface area contributed by atoms with Crippen LogP contribution in [0, 0.1) is 0 Å². The quantitative estimate of drug-likeness (QED) is 0.325. The summed E-state index contributed by atoms with van der Waals surface area (Å²) in [6.07, 6.45) is -7.24. The average molecular weight is 292 g/mol. The lowest BCUT2D eigenvalue weighted by Gasteiger charge is -2.31. The molecule has 0 aromatic heterocycles. The molecule has 1 saturated heterocycles. The maximum Gasteiger partial charge on any atom is 0.254 e. The summed E-state index contributed by atoms with van der Waals surface area (Å²) in [5.41, 5.74) is 0. The Kier molecular flexibility index (Phi) is 5.84. The van der Waals surface area contributed by atoms with Crippen LogP contribution in [0.5, 0.6) is 0 Å². The van der Waals surface area contributed by atoms with Gasteiger partial charge in [0, 0.05) is 6.54 Å². The zero-order valence-electron chi connectivity index (χ0n) is 10.6. The molecule has 0 radical (unpaired) electrons. The third-order valence-corrected chi connectivity index (χ3v) is 3.32. The fourth-order valence-corrected chi connectivity index (χ4v) is 2.11. The van der Waals surface area contributed by atoms with E-state index >= 15 is 0 Å². The molecular formula is C11H18NO8-. The number of aliphatic carboxylic acids is 1. The van der Waals surface area contributed by atoms with E-state index < -0.39 is 48.9 Å². The molecule has 1 heterocycles. The molecule has 1 amide bonds. The second-order valence-corrected chi connectivity index (χ2v) is 4.68. The van der Waals surface area contributed by atoms with Crippen molar-refractivity contribution in [3.63, 3.8) is 0 Å². The minimum Gasteiger partial charge on any atom is -0.548 e. The second-order valence-electron chi connectivity index (χ2n) is 4.68. The maximum absolute atomic E-state index is 11.9. The molecule has 1 fully saturated rings. The highest BCUT2D eigenvalue weighted by atomic mass is 16.4. The Hall–Kier alpha value is -1.26. The topological polar surface area (TPSA) is 162 Å². The zero-order chi connectivity index (χ0) is 15.4. The lowest BCUT2D eigenvalue weighted by atomic mass is 10.0. The molecule has 20 heavy (non-hydrogen) atoms. The number of nitrogens with zero attached hydrogens (tertiary/aromatic N) is 1. The maximum atomic E-state index is 11.9. The van der Waals surface area contributed by atoms with Crippen LogP contribution in [0.4, 0.5) is 0 Å². The Labute approximate surface area is 114 Å². The Morgan fingerprint density at radius 2 is 1.80 bits per heavy atom. The van der Waals surface area contributed by atoms with E-state index in [0.717, 1.165) is 4.90 Å². The van der Waals surface area contributed by atoms with Gasteiger partial charge in [0.05, 0.1) is 18.6 Å². The summed E-state index contributed by atoms with van der Waals surface area (Å²) in [6, 6.07) is -1.19. The Bertz CT molecular complexity index is 362. The van der Waals surface area contributed by atoms with Gasteiger partial charge >= 0.3 is 0 Å². The second kappa shape index (κ2) is 6.95. The van der Waals surface area contributed by atoms with E-state index in [1.54, 1.807) is 0 Å². The Morgan fingerprint density at radius 1 is 1.20 bits per heavy atom. The molecular weight excluding hydrogens is 274 g/mol. The van der Waals surface area contributed by atoms with Gasteiger partial charge in [-0.15, -0.1) is 0 Å². The van der Waals surface area contributed by atoms with Gasteiger partial charge in [0.15, 0.2) is 6.10 Å². The van der Waals surface area contributed by atoms with Crippen molar-refractivity contribution in [3.8, 4) is 0 Å². The fourth-order valence-electron chi connectivity index (χ4n) is 2.11. The predicted octanol–water partition coefficient (Wildman–Crippen LogP) is -4.84. The standard InChI is InChI=1S/C11H19NO8/c13-4-6(14)7(15)8(16)9(17)10(18)12-3-1-2-5(12)11(19)20/h5-9,13-17H,1-4H2,(H,19,20)/p-1/t5-,6-,7-,8+,9+/m1/s1. The molecule has 5 N–H and O–H groups in total. The van der Waals surface area contributed by atoms with Crippen molar-refractivity contribution in [2.24, 2.45) is 0 Å². The average Bonchev–Trinajstić information content (AvgIpc) is 2.92. The number of carboxylic acids is 1. The van der Waals surface area contributed by atoms with E-state index in [-0.39, 0.29) is 13.0 Å². The molecule has 0 aromatic carbocycles. The largest absolute Gasteiger partial charge is 0.548 e. The number of likely N-dealkylation sites (tertiary alicyclic amines) is 1. The van der Waals surface area contributed by atoms with Crippen LogP contribution >= 0.6 is 0 Å². The third kappa shape index (κ3) is 3.44. The summed E-state index contributed by atoms with van der Waals surface area (Å²) in [6.45, 7) is -0.787. The Morgan fingerprint density at radius 3 is 2.30 bits per heavy atom. The number of carbonyl (C=O) groups excluding carboxylic acids is 2. The summed E-state index contributed by atoms with van der Waals surface area (Å²) in [5.74, 6) is -2.54. The molecule has 0 aromatic rings. The van der Waals surface area contributed by atoms with E-state index in [0.29, 0.717) is 6.42 Å². The van der Waals surface area contributed by atoms with E-state index in [9.17, 15) is 30.0 Å². The van der Waals surface area contributed by atoms with Gasteiger partial charge in [0.25, 0.3) is 5.91 Å². The lowest BCUT2D eigenvalue weighted by Crippen LogP contribution is -2.55. The van der Waals surface area contributed by atoms with Crippen molar-refractivity contribution in [3.05, 3.63) is 0 Å². The molecule has 9 heteroatoms. The number of carboxylic acid groups (broad SMARTS) is 1. The molecule has 0 bridgehead atoms. The smallest absolute Gasteiger partial charge is 0.254 e. The molecule has 0 aliphatic carbocycles. The van der Waals surface area contributed by atoms with Gasteiger partial charge in [0.2, 0.25) is 0 Å². The van der Waals surface area contributed by atoms with Crippen molar-refractivity contribution in [1.29, 1.82) is 0 Å². The number of amides is 1. The molecule has 0 saturated carbocycles. The summed E-state index contributed by atoms with van der Waals surface area (Å²) < 4.78 is 0. The first-order valence-electron chi connectivity index (χ1n) is 6.15. The number of hydrogen-bond acceptors (Lipinski definition) is 8. The monoisotopic (exact) mass is 292 g/mol. The number of hydrogen-bond donors (Lipinski definition) is 5. The number of aliphatic hydroxyl groups excluding tert-OH is 5. The van der Waals surface area contributed by atoms with Crippen molar-refractivity contribution >= 4 is 11.9 Å². The van der Waals surface area contributed by atoms with Crippen LogP contribution in [0.3, 0.4) is 0 Å². The summed E-state index contributed by atoms with van der Waals surface area (Å²) in [4.78, 5) is 23.6. The first-order chi connectivity index (χ1) is 9.31. The van der Waals surface area contributed by atoms with Gasteiger partial charge in [-0.1, -0.05) is 0 Å². The van der Waals surface area contributed by atoms with Crippen LogP contribution in [0.25, 0.3) is 0 Å². The highest BCUT2D eigenvalue weighted by Crippen LogP contribution is 2.19. The molecule has 116 valence electrons. The highest BCUT2D eigenvalue weighted by molar-refractivity contribution is 5.86.